The first kappa shape index (κ1) is 19.6. The van der Waals surface area contributed by atoms with E-state index in [1.165, 1.54) is 16.8 Å². The van der Waals surface area contributed by atoms with Gasteiger partial charge in [-0.3, -0.25) is 14.9 Å². The average Bonchev–Trinajstić information content (AvgIpc) is 3.06. The van der Waals surface area contributed by atoms with E-state index in [1.807, 2.05) is 63.2 Å². The Morgan fingerprint density at radius 1 is 0.933 bits per heavy atom. The largest absolute Gasteiger partial charge is 0.290 e. The van der Waals surface area contributed by atoms with E-state index < -0.39 is 0 Å². The van der Waals surface area contributed by atoms with Crippen molar-refractivity contribution in [3.05, 3.63) is 106 Å². The molecule has 1 aromatic heterocycles. The van der Waals surface area contributed by atoms with Crippen molar-refractivity contribution in [1.82, 2.24) is 9.78 Å². The number of H-pyrrole nitrogens is 1. The molecule has 0 fully saturated rings. The van der Waals surface area contributed by atoms with Crippen LogP contribution in [0.5, 0.6) is 0 Å². The predicted molar refractivity (Wildman–Crippen MR) is 120 cm³/mol. The third-order valence-electron chi connectivity index (χ3n) is 4.90. The smallest absolute Gasteiger partial charge is 0.280 e. The molecule has 0 aliphatic heterocycles. The molecule has 0 spiro atoms. The number of aromatic nitrogens is 2. The first-order valence-corrected chi connectivity index (χ1v) is 9.73. The molecular weight excluding hydrogens is 377 g/mol. The van der Waals surface area contributed by atoms with E-state index in [2.05, 4.69) is 11.2 Å². The van der Waals surface area contributed by atoms with Gasteiger partial charge in [0.15, 0.2) is 0 Å². The van der Waals surface area contributed by atoms with Gasteiger partial charge in [-0.25, -0.2) is 9.07 Å². The summed E-state index contributed by atoms with van der Waals surface area (Å²) in [6.07, 6.45) is 0. The van der Waals surface area contributed by atoms with Crippen molar-refractivity contribution < 1.29 is 4.39 Å². The third kappa shape index (κ3) is 3.87. The third-order valence-corrected chi connectivity index (χ3v) is 4.90. The van der Waals surface area contributed by atoms with Crippen LogP contribution in [-0.4, -0.2) is 15.5 Å². The lowest BCUT2D eigenvalue weighted by atomic mass is 10.0. The Morgan fingerprint density at radius 2 is 1.57 bits per heavy atom. The van der Waals surface area contributed by atoms with Crippen LogP contribution in [0.4, 0.5) is 10.1 Å². The van der Waals surface area contributed by atoms with Gasteiger partial charge in [-0.05, 0) is 68.3 Å². The van der Waals surface area contributed by atoms with Crippen molar-refractivity contribution in [3.8, 4) is 16.9 Å². The minimum Gasteiger partial charge on any atom is -0.290 e. The van der Waals surface area contributed by atoms with E-state index in [0.29, 0.717) is 22.7 Å². The molecule has 0 unspecified atom stereocenters. The van der Waals surface area contributed by atoms with Crippen LogP contribution in [0.25, 0.3) is 16.9 Å². The summed E-state index contributed by atoms with van der Waals surface area (Å²) in [5, 5.41) is 3.19. The highest BCUT2D eigenvalue weighted by molar-refractivity contribution is 6.04. The van der Waals surface area contributed by atoms with Crippen molar-refractivity contribution in [2.75, 3.05) is 0 Å². The molecule has 150 valence electrons. The summed E-state index contributed by atoms with van der Waals surface area (Å²) < 4.78 is 14.8. The molecule has 0 aliphatic rings. The van der Waals surface area contributed by atoms with Gasteiger partial charge in [0.25, 0.3) is 5.56 Å². The number of hydrogen-bond donors (Lipinski definition) is 1. The minimum atomic E-state index is -0.352. The molecule has 0 radical (unpaired) electrons. The lowest BCUT2D eigenvalue weighted by Crippen LogP contribution is -2.19. The van der Waals surface area contributed by atoms with Crippen LogP contribution in [0.15, 0.2) is 82.6 Å². The molecule has 4 nitrogen and oxygen atoms in total. The number of aryl methyl sites for hydroxylation is 2. The number of aromatic amines is 1. The normalized spacial score (nSPS) is 11.7. The molecule has 0 bridgehead atoms. The van der Waals surface area contributed by atoms with Gasteiger partial charge in [0.05, 0.1) is 28.3 Å². The summed E-state index contributed by atoms with van der Waals surface area (Å²) in [7, 11) is 0. The van der Waals surface area contributed by atoms with Gasteiger partial charge < -0.3 is 0 Å². The molecule has 1 N–H and O–H groups in total. The van der Waals surface area contributed by atoms with E-state index >= 15 is 0 Å². The number of aliphatic imine (C=N–C) groups is 1. The molecule has 4 aromatic rings. The van der Waals surface area contributed by atoms with Crippen LogP contribution in [-0.2, 0) is 0 Å². The molecule has 4 rings (SSSR count). The Hall–Kier alpha value is -3.73. The van der Waals surface area contributed by atoms with Gasteiger partial charge in [0, 0.05) is 5.56 Å². The topological polar surface area (TPSA) is 50.1 Å². The van der Waals surface area contributed by atoms with Crippen LogP contribution < -0.4 is 5.56 Å². The number of benzene rings is 3. The Bertz CT molecular complexity index is 1260. The van der Waals surface area contributed by atoms with E-state index in [-0.39, 0.29) is 11.4 Å². The first-order chi connectivity index (χ1) is 14.4. The maximum atomic E-state index is 13.4. The summed E-state index contributed by atoms with van der Waals surface area (Å²) >= 11 is 0. The second kappa shape index (κ2) is 7.95. The van der Waals surface area contributed by atoms with Gasteiger partial charge in [-0.1, -0.05) is 36.4 Å². The van der Waals surface area contributed by atoms with Crippen LogP contribution in [0.3, 0.4) is 0 Å². The van der Waals surface area contributed by atoms with Crippen molar-refractivity contribution in [2.24, 2.45) is 4.99 Å². The van der Waals surface area contributed by atoms with Crippen LogP contribution in [0.2, 0.25) is 0 Å². The first-order valence-electron chi connectivity index (χ1n) is 9.73. The summed E-state index contributed by atoms with van der Waals surface area (Å²) in [6, 6.07) is 21.5. The van der Waals surface area contributed by atoms with Crippen molar-refractivity contribution >= 4 is 11.4 Å². The number of hydrogen-bond acceptors (Lipinski definition) is 2. The number of rotatable bonds is 4. The summed E-state index contributed by atoms with van der Waals surface area (Å²) in [5.41, 5.74) is 6.01. The molecule has 30 heavy (non-hydrogen) atoms. The van der Waals surface area contributed by atoms with E-state index in [1.54, 1.807) is 12.1 Å². The molecule has 0 atom stereocenters. The van der Waals surface area contributed by atoms with Crippen molar-refractivity contribution in [2.45, 2.75) is 20.8 Å². The second-order valence-electron chi connectivity index (χ2n) is 7.39. The summed E-state index contributed by atoms with van der Waals surface area (Å²) in [4.78, 5) is 18.1. The highest BCUT2D eigenvalue weighted by Gasteiger charge is 2.19. The number of halogens is 1. The van der Waals surface area contributed by atoms with E-state index in [4.69, 9.17) is 4.99 Å². The fraction of sp³-hybridized carbons (Fsp3) is 0.120. The lowest BCUT2D eigenvalue weighted by Gasteiger charge is -2.04. The van der Waals surface area contributed by atoms with Gasteiger partial charge in [0.1, 0.15) is 5.82 Å². The van der Waals surface area contributed by atoms with Crippen molar-refractivity contribution in [3.63, 3.8) is 0 Å². The Morgan fingerprint density at radius 3 is 2.20 bits per heavy atom. The molecule has 1 heterocycles. The van der Waals surface area contributed by atoms with Gasteiger partial charge in [-0.15, -0.1) is 0 Å². The number of nitrogens with zero attached hydrogens (tertiary/aromatic N) is 2. The minimum absolute atomic E-state index is 0.230. The summed E-state index contributed by atoms with van der Waals surface area (Å²) in [6.45, 7) is 5.88. The second-order valence-corrected chi connectivity index (χ2v) is 7.39. The van der Waals surface area contributed by atoms with Crippen LogP contribution in [0, 0.1) is 19.7 Å². The molecule has 0 amide bonds. The van der Waals surface area contributed by atoms with Crippen LogP contribution >= 0.6 is 0 Å². The van der Waals surface area contributed by atoms with Crippen molar-refractivity contribution in [1.29, 1.82) is 0 Å². The zero-order valence-corrected chi connectivity index (χ0v) is 17.1. The Labute approximate surface area is 174 Å². The lowest BCUT2D eigenvalue weighted by molar-refractivity contribution is 0.627. The zero-order valence-electron chi connectivity index (χ0n) is 17.1. The van der Waals surface area contributed by atoms with Gasteiger partial charge >= 0.3 is 0 Å². The molecule has 3 aromatic carbocycles. The fourth-order valence-electron chi connectivity index (χ4n) is 3.62. The summed E-state index contributed by atoms with van der Waals surface area (Å²) in [5.74, 6) is -0.352. The average molecular weight is 399 g/mol. The Kier molecular flexibility index (Phi) is 5.19. The van der Waals surface area contributed by atoms with Gasteiger partial charge in [-0.2, -0.15) is 0 Å². The van der Waals surface area contributed by atoms with E-state index in [9.17, 15) is 9.18 Å². The monoisotopic (exact) mass is 399 g/mol. The predicted octanol–water partition coefficient (Wildman–Crippen LogP) is 5.73. The highest BCUT2D eigenvalue weighted by atomic mass is 19.1. The van der Waals surface area contributed by atoms with E-state index in [0.717, 1.165) is 22.4 Å². The SMILES string of the molecule is CC(=Nc1cc(C)cc(C)c1)c1c(-c2ccccc2)[nH]n(-c2ccc(F)cc2)c1=O. The zero-order chi connectivity index (χ0) is 21.3. The maximum absolute atomic E-state index is 13.4. The fourth-order valence-corrected chi connectivity index (χ4v) is 3.62. The molecule has 5 heteroatoms. The maximum Gasteiger partial charge on any atom is 0.280 e. The molecule has 0 aliphatic carbocycles. The van der Waals surface area contributed by atoms with Crippen LogP contribution in [0.1, 0.15) is 23.6 Å². The highest BCUT2D eigenvalue weighted by Crippen LogP contribution is 2.24. The van der Waals surface area contributed by atoms with Gasteiger partial charge in [0.2, 0.25) is 0 Å². The quantitative estimate of drug-likeness (QED) is 0.438. The molecule has 0 saturated carbocycles. The molecule has 0 saturated heterocycles. The number of nitrogens with one attached hydrogen (secondary N) is 1. The molecular formula is C25H22FN3O. The standard InChI is InChI=1S/C25H22FN3O/c1-16-13-17(2)15-21(14-16)27-18(3)23-24(19-7-5-4-6-8-19)28-29(25(23)30)22-11-9-20(26)10-12-22/h4-15,28H,1-3H3. The Balaban J connectivity index is 1.92.